The first-order chi connectivity index (χ1) is 6.65. The molecule has 0 bridgehead atoms. The van der Waals surface area contributed by atoms with Gasteiger partial charge in [-0.25, -0.2) is 0 Å². The molecule has 2 fully saturated rings. The fraction of sp³-hybridized carbons (Fsp3) is 1.00. The third-order valence-electron chi connectivity index (χ3n) is 4.24. The summed E-state index contributed by atoms with van der Waals surface area (Å²) in [4.78, 5) is 2.60. The van der Waals surface area contributed by atoms with E-state index in [1.807, 2.05) is 7.11 Å². The summed E-state index contributed by atoms with van der Waals surface area (Å²) in [7, 11) is 1.85. The van der Waals surface area contributed by atoms with Crippen molar-refractivity contribution >= 4 is 0 Å². The highest BCUT2D eigenvalue weighted by Crippen LogP contribution is 2.50. The van der Waals surface area contributed by atoms with Gasteiger partial charge >= 0.3 is 0 Å². The number of hydrogen-bond acceptors (Lipinski definition) is 2. The third kappa shape index (κ3) is 1.82. The summed E-state index contributed by atoms with van der Waals surface area (Å²) in [6.45, 7) is 7.20. The van der Waals surface area contributed by atoms with Crippen LogP contribution in [0.4, 0.5) is 0 Å². The molecule has 2 rings (SSSR count). The van der Waals surface area contributed by atoms with E-state index in [0.29, 0.717) is 11.5 Å². The minimum atomic E-state index is 0.570. The summed E-state index contributed by atoms with van der Waals surface area (Å²) in [6, 6.07) is 0.727. The molecule has 1 saturated carbocycles. The molecular formula is C12H23NO. The van der Waals surface area contributed by atoms with E-state index in [2.05, 4.69) is 18.7 Å². The van der Waals surface area contributed by atoms with Gasteiger partial charge in [-0.05, 0) is 58.0 Å². The minimum absolute atomic E-state index is 0.570. The number of likely N-dealkylation sites (tertiary alicyclic amines) is 1. The molecule has 1 aliphatic carbocycles. The largest absolute Gasteiger partial charge is 0.381 e. The van der Waals surface area contributed by atoms with Gasteiger partial charge in [0.15, 0.2) is 0 Å². The Morgan fingerprint density at radius 1 is 1.21 bits per heavy atom. The SMILES string of the molecule is COC1CC2(CCN(C(C)C)CC2)C1. The van der Waals surface area contributed by atoms with Crippen LogP contribution in [0.5, 0.6) is 0 Å². The third-order valence-corrected chi connectivity index (χ3v) is 4.24. The second-order valence-electron chi connectivity index (χ2n) is 5.40. The van der Waals surface area contributed by atoms with Crippen LogP contribution in [0.15, 0.2) is 0 Å². The summed E-state index contributed by atoms with van der Waals surface area (Å²) in [5, 5.41) is 0. The molecule has 0 amide bonds. The first-order valence-corrected chi connectivity index (χ1v) is 5.92. The minimum Gasteiger partial charge on any atom is -0.381 e. The van der Waals surface area contributed by atoms with E-state index in [9.17, 15) is 0 Å². The fourth-order valence-corrected chi connectivity index (χ4v) is 3.00. The lowest BCUT2D eigenvalue weighted by atomic mass is 9.61. The van der Waals surface area contributed by atoms with Crippen LogP contribution in [0.2, 0.25) is 0 Å². The Morgan fingerprint density at radius 3 is 2.21 bits per heavy atom. The van der Waals surface area contributed by atoms with E-state index in [1.165, 1.54) is 38.8 Å². The van der Waals surface area contributed by atoms with Crippen LogP contribution in [0, 0.1) is 5.41 Å². The van der Waals surface area contributed by atoms with E-state index in [-0.39, 0.29) is 0 Å². The number of hydrogen-bond donors (Lipinski definition) is 0. The van der Waals surface area contributed by atoms with Gasteiger partial charge in [-0.3, -0.25) is 0 Å². The summed E-state index contributed by atoms with van der Waals surface area (Å²) in [6.07, 6.45) is 5.99. The Bertz CT molecular complexity index is 186. The molecule has 2 nitrogen and oxygen atoms in total. The normalized spacial score (nSPS) is 28.3. The lowest BCUT2D eigenvalue weighted by Gasteiger charge is -2.52. The number of ether oxygens (including phenoxy) is 1. The van der Waals surface area contributed by atoms with E-state index in [4.69, 9.17) is 4.74 Å². The fourth-order valence-electron chi connectivity index (χ4n) is 3.00. The zero-order chi connectivity index (χ0) is 10.2. The predicted octanol–water partition coefficient (Wildman–Crippen LogP) is 2.29. The number of piperidine rings is 1. The van der Waals surface area contributed by atoms with Gasteiger partial charge in [0.25, 0.3) is 0 Å². The molecule has 0 unspecified atom stereocenters. The van der Waals surface area contributed by atoms with Crippen molar-refractivity contribution in [3.8, 4) is 0 Å². The molecule has 0 aromatic heterocycles. The summed E-state index contributed by atoms with van der Waals surface area (Å²) in [5.74, 6) is 0. The maximum atomic E-state index is 5.37. The second-order valence-corrected chi connectivity index (χ2v) is 5.40. The summed E-state index contributed by atoms with van der Waals surface area (Å²) >= 11 is 0. The van der Waals surface area contributed by atoms with Crippen molar-refractivity contribution in [2.75, 3.05) is 20.2 Å². The van der Waals surface area contributed by atoms with Crippen LogP contribution in [0.25, 0.3) is 0 Å². The monoisotopic (exact) mass is 197 g/mol. The van der Waals surface area contributed by atoms with Crippen molar-refractivity contribution in [1.29, 1.82) is 0 Å². The molecule has 14 heavy (non-hydrogen) atoms. The van der Waals surface area contributed by atoms with Crippen LogP contribution in [-0.4, -0.2) is 37.2 Å². The molecule has 0 radical (unpaired) electrons. The first-order valence-electron chi connectivity index (χ1n) is 5.92. The molecule has 1 spiro atoms. The van der Waals surface area contributed by atoms with E-state index >= 15 is 0 Å². The molecule has 0 atom stereocenters. The van der Waals surface area contributed by atoms with Gasteiger partial charge in [-0.15, -0.1) is 0 Å². The van der Waals surface area contributed by atoms with Crippen LogP contribution in [-0.2, 0) is 4.74 Å². The quantitative estimate of drug-likeness (QED) is 0.673. The summed E-state index contributed by atoms with van der Waals surface area (Å²) < 4.78 is 5.37. The average molecular weight is 197 g/mol. The molecule has 0 N–H and O–H groups in total. The van der Waals surface area contributed by atoms with Crippen molar-refractivity contribution in [1.82, 2.24) is 4.90 Å². The topological polar surface area (TPSA) is 12.5 Å². The van der Waals surface area contributed by atoms with Gasteiger partial charge in [-0.1, -0.05) is 0 Å². The van der Waals surface area contributed by atoms with Crippen LogP contribution < -0.4 is 0 Å². The standard InChI is InChI=1S/C12H23NO/c1-10(2)13-6-4-12(5-7-13)8-11(9-12)14-3/h10-11H,4-9H2,1-3H3. The van der Waals surface area contributed by atoms with Crippen LogP contribution >= 0.6 is 0 Å². The predicted molar refractivity (Wildman–Crippen MR) is 58.4 cm³/mol. The number of nitrogens with zero attached hydrogens (tertiary/aromatic N) is 1. The smallest absolute Gasteiger partial charge is 0.0582 e. The maximum absolute atomic E-state index is 5.37. The summed E-state index contributed by atoms with van der Waals surface area (Å²) in [5.41, 5.74) is 0.673. The zero-order valence-electron chi connectivity index (χ0n) is 9.75. The Labute approximate surface area is 87.6 Å². The highest BCUT2D eigenvalue weighted by atomic mass is 16.5. The molecular weight excluding hydrogens is 174 g/mol. The molecule has 1 saturated heterocycles. The van der Waals surface area contributed by atoms with Crippen molar-refractivity contribution in [2.24, 2.45) is 5.41 Å². The van der Waals surface area contributed by atoms with Crippen molar-refractivity contribution < 1.29 is 4.74 Å². The maximum Gasteiger partial charge on any atom is 0.0582 e. The molecule has 0 aromatic carbocycles. The Morgan fingerprint density at radius 2 is 1.79 bits per heavy atom. The van der Waals surface area contributed by atoms with Gasteiger partial charge < -0.3 is 9.64 Å². The molecule has 1 heterocycles. The van der Waals surface area contributed by atoms with Crippen molar-refractivity contribution in [2.45, 2.75) is 51.7 Å². The molecule has 0 aromatic rings. The van der Waals surface area contributed by atoms with E-state index in [0.717, 1.165) is 6.04 Å². The average Bonchev–Trinajstić information content (AvgIpc) is 2.14. The highest BCUT2D eigenvalue weighted by molar-refractivity contribution is 4.98. The van der Waals surface area contributed by atoms with Gasteiger partial charge in [0.2, 0.25) is 0 Å². The van der Waals surface area contributed by atoms with Gasteiger partial charge in [-0.2, -0.15) is 0 Å². The Hall–Kier alpha value is -0.0800. The molecule has 2 heteroatoms. The molecule has 82 valence electrons. The second kappa shape index (κ2) is 3.82. The van der Waals surface area contributed by atoms with Crippen molar-refractivity contribution in [3.05, 3.63) is 0 Å². The van der Waals surface area contributed by atoms with E-state index in [1.54, 1.807) is 0 Å². The molecule has 2 aliphatic rings. The Kier molecular flexibility index (Phi) is 2.85. The zero-order valence-corrected chi connectivity index (χ0v) is 9.75. The van der Waals surface area contributed by atoms with Crippen LogP contribution in [0.1, 0.15) is 39.5 Å². The highest BCUT2D eigenvalue weighted by Gasteiger charge is 2.45. The number of rotatable bonds is 2. The van der Waals surface area contributed by atoms with Gasteiger partial charge in [0, 0.05) is 13.2 Å². The van der Waals surface area contributed by atoms with Crippen LogP contribution in [0.3, 0.4) is 0 Å². The van der Waals surface area contributed by atoms with Gasteiger partial charge in [0.05, 0.1) is 6.10 Å². The lowest BCUT2D eigenvalue weighted by molar-refractivity contribution is -0.0904. The van der Waals surface area contributed by atoms with Crippen molar-refractivity contribution in [3.63, 3.8) is 0 Å². The Balaban J connectivity index is 1.80. The van der Waals surface area contributed by atoms with Gasteiger partial charge in [0.1, 0.15) is 0 Å². The lowest BCUT2D eigenvalue weighted by Crippen LogP contribution is -2.50. The molecule has 1 aliphatic heterocycles. The van der Waals surface area contributed by atoms with E-state index < -0.39 is 0 Å². The number of methoxy groups -OCH3 is 1. The first kappa shape index (κ1) is 10.4.